The van der Waals surface area contributed by atoms with Crippen LogP contribution in [0.2, 0.25) is 5.02 Å². The van der Waals surface area contributed by atoms with E-state index in [1.807, 2.05) is 11.8 Å². The van der Waals surface area contributed by atoms with E-state index in [1.165, 1.54) is 22.0 Å². The highest BCUT2D eigenvalue weighted by molar-refractivity contribution is 6.30. The molecule has 2 heterocycles. The molecular weight excluding hydrogens is 614 g/mol. The van der Waals surface area contributed by atoms with Gasteiger partial charge < -0.3 is 14.9 Å². The fourth-order valence-electron chi connectivity index (χ4n) is 5.60. The summed E-state index contributed by atoms with van der Waals surface area (Å²) in [6, 6.07) is 4.10. The van der Waals surface area contributed by atoms with Crippen LogP contribution < -0.4 is 9.80 Å². The van der Waals surface area contributed by atoms with E-state index < -0.39 is 29.4 Å². The molecule has 0 saturated heterocycles. The van der Waals surface area contributed by atoms with Crippen LogP contribution in [0.15, 0.2) is 36.8 Å². The second-order valence-corrected chi connectivity index (χ2v) is 11.6. The average Bonchev–Trinajstić information content (AvgIpc) is 3.37. The first kappa shape index (κ1) is 33.3. The molecule has 0 unspecified atom stereocenters. The Hall–Kier alpha value is -3.55. The number of aromatic nitrogens is 4. The van der Waals surface area contributed by atoms with Gasteiger partial charge in [0.05, 0.1) is 11.1 Å². The second-order valence-electron chi connectivity index (χ2n) is 11.1. The lowest BCUT2D eigenvalue weighted by molar-refractivity contribution is -0.139. The number of hydrogen-bond donors (Lipinski definition) is 1. The zero-order chi connectivity index (χ0) is 32.2. The molecule has 240 valence electrons. The number of rotatable bonds is 11. The van der Waals surface area contributed by atoms with Crippen LogP contribution in [0.4, 0.5) is 38.1 Å². The summed E-state index contributed by atoms with van der Waals surface area (Å²) in [4.78, 5) is 22.9. The lowest BCUT2D eigenvalue weighted by atomic mass is 9.80. The van der Waals surface area contributed by atoms with Gasteiger partial charge >= 0.3 is 18.3 Å². The number of anilines is 2. The van der Waals surface area contributed by atoms with Crippen molar-refractivity contribution in [3.8, 4) is 0 Å². The van der Waals surface area contributed by atoms with Crippen LogP contribution in [-0.4, -0.2) is 43.9 Å². The van der Waals surface area contributed by atoms with Gasteiger partial charge in [0.1, 0.15) is 12.1 Å². The summed E-state index contributed by atoms with van der Waals surface area (Å²) in [6.45, 7) is 2.44. The van der Waals surface area contributed by atoms with Crippen LogP contribution >= 0.6 is 11.6 Å². The summed E-state index contributed by atoms with van der Waals surface area (Å²) in [6.07, 6.45) is -3.99. The van der Waals surface area contributed by atoms with E-state index in [1.54, 1.807) is 7.05 Å². The molecule has 3 aromatic rings. The van der Waals surface area contributed by atoms with Crippen molar-refractivity contribution in [1.29, 1.82) is 0 Å². The number of carboxylic acid groups (broad SMARTS) is 1. The van der Waals surface area contributed by atoms with Gasteiger partial charge in [0.25, 0.3) is 0 Å². The van der Waals surface area contributed by atoms with Crippen LogP contribution in [0.1, 0.15) is 61.3 Å². The van der Waals surface area contributed by atoms with E-state index in [-0.39, 0.29) is 53.4 Å². The zero-order valence-electron chi connectivity index (χ0n) is 24.2. The van der Waals surface area contributed by atoms with Crippen LogP contribution in [0.5, 0.6) is 0 Å². The number of carbonyl (C=O) groups is 1. The van der Waals surface area contributed by atoms with Gasteiger partial charge in [0.15, 0.2) is 0 Å². The topological polar surface area (TPSA) is 87.4 Å². The number of pyridine rings is 1. The highest BCUT2D eigenvalue weighted by Gasteiger charge is 2.34. The summed E-state index contributed by atoms with van der Waals surface area (Å²) >= 11 is 6.01. The van der Waals surface area contributed by atoms with Crippen LogP contribution in [0, 0.1) is 11.8 Å². The molecule has 0 aliphatic heterocycles. The van der Waals surface area contributed by atoms with Gasteiger partial charge in [-0.1, -0.05) is 11.6 Å². The van der Waals surface area contributed by atoms with Gasteiger partial charge in [0.2, 0.25) is 5.95 Å². The van der Waals surface area contributed by atoms with E-state index in [9.17, 15) is 31.1 Å². The number of aliphatic carboxylic acids is 1. The largest absolute Gasteiger partial charge is 0.481 e. The van der Waals surface area contributed by atoms with E-state index in [4.69, 9.17) is 16.7 Å². The molecule has 8 nitrogen and oxygen atoms in total. The number of halogens is 7. The smallest absolute Gasteiger partial charge is 0.417 e. The Morgan fingerprint density at radius 3 is 2.18 bits per heavy atom. The summed E-state index contributed by atoms with van der Waals surface area (Å²) in [7, 11) is 1.59. The molecule has 0 atom stereocenters. The van der Waals surface area contributed by atoms with Gasteiger partial charge in [-0.05, 0) is 74.3 Å². The zero-order valence-corrected chi connectivity index (χ0v) is 24.9. The Balaban J connectivity index is 1.67. The normalized spacial score (nSPS) is 17.5. The second kappa shape index (κ2) is 13.6. The van der Waals surface area contributed by atoms with E-state index >= 15 is 0 Å². The predicted octanol–water partition coefficient (Wildman–Crippen LogP) is 7.22. The minimum Gasteiger partial charge on any atom is -0.481 e. The lowest BCUT2D eigenvalue weighted by Gasteiger charge is -2.34. The molecule has 0 radical (unpaired) electrons. The fourth-order valence-corrected chi connectivity index (χ4v) is 5.86. The molecule has 44 heavy (non-hydrogen) atoms. The van der Waals surface area contributed by atoms with Crippen molar-refractivity contribution in [3.05, 3.63) is 64.1 Å². The standard InChI is InChI=1S/C29H33ClF6N6O2/c1-3-41(14-19-6-4-18(5-7-19)10-25(43)44)26-21(11-23(13-37-26)29(34,35)36)16-42(27-38-17-40(2)39-27)15-20-8-22(28(31,32)33)12-24(30)9-20/h8-9,11-13,17-19H,3-7,10,14-16H2,1-2H3,(H,43,44)/t18-,19-. The molecule has 1 N–H and O–H groups in total. The summed E-state index contributed by atoms with van der Waals surface area (Å²) < 4.78 is 83.4. The molecule has 1 aliphatic rings. The number of benzene rings is 1. The molecule has 1 aliphatic carbocycles. The van der Waals surface area contributed by atoms with E-state index in [0.29, 0.717) is 18.9 Å². The summed E-state index contributed by atoms with van der Waals surface area (Å²) in [5.74, 6) is -0.123. The van der Waals surface area contributed by atoms with Gasteiger partial charge in [-0.3, -0.25) is 9.48 Å². The van der Waals surface area contributed by atoms with Crippen LogP contribution in [0.3, 0.4) is 0 Å². The van der Waals surface area contributed by atoms with Crippen LogP contribution in [0.25, 0.3) is 0 Å². The van der Waals surface area contributed by atoms with E-state index in [0.717, 1.165) is 50.1 Å². The molecule has 0 amide bonds. The van der Waals surface area contributed by atoms with E-state index in [2.05, 4.69) is 15.1 Å². The van der Waals surface area contributed by atoms with Crippen molar-refractivity contribution < 1.29 is 36.2 Å². The highest BCUT2D eigenvalue weighted by atomic mass is 35.5. The maximum atomic E-state index is 13.8. The van der Waals surface area contributed by atoms with Gasteiger partial charge in [-0.2, -0.15) is 26.3 Å². The minimum absolute atomic E-state index is 0.0994. The number of carboxylic acids is 1. The number of aryl methyl sites for hydroxylation is 1. The van der Waals surface area contributed by atoms with Gasteiger partial charge in [0, 0.05) is 56.4 Å². The molecule has 2 aromatic heterocycles. The van der Waals surface area contributed by atoms with Crippen molar-refractivity contribution in [2.75, 3.05) is 22.9 Å². The number of alkyl halides is 6. The highest BCUT2D eigenvalue weighted by Crippen LogP contribution is 2.36. The van der Waals surface area contributed by atoms with Gasteiger partial charge in [-0.15, -0.1) is 5.10 Å². The Kier molecular flexibility index (Phi) is 10.3. The first-order valence-electron chi connectivity index (χ1n) is 14.1. The number of hydrogen-bond acceptors (Lipinski definition) is 6. The third kappa shape index (κ3) is 8.76. The molecule has 15 heteroatoms. The Morgan fingerprint density at radius 1 is 0.955 bits per heavy atom. The maximum Gasteiger partial charge on any atom is 0.417 e. The Bertz CT molecular complexity index is 1440. The first-order valence-corrected chi connectivity index (χ1v) is 14.5. The van der Waals surface area contributed by atoms with Crippen molar-refractivity contribution in [1.82, 2.24) is 19.7 Å². The third-order valence-corrected chi connectivity index (χ3v) is 7.97. The third-order valence-electron chi connectivity index (χ3n) is 7.75. The lowest BCUT2D eigenvalue weighted by Crippen LogP contribution is -2.34. The summed E-state index contributed by atoms with van der Waals surface area (Å²) in [5.41, 5.74) is -1.54. The summed E-state index contributed by atoms with van der Waals surface area (Å²) in [5, 5.41) is 13.2. The van der Waals surface area contributed by atoms with Crippen molar-refractivity contribution in [3.63, 3.8) is 0 Å². The molecule has 0 spiro atoms. The Labute approximate surface area is 255 Å². The average molecular weight is 647 g/mol. The number of nitrogens with zero attached hydrogens (tertiary/aromatic N) is 6. The quantitative estimate of drug-likeness (QED) is 0.220. The Morgan fingerprint density at radius 2 is 1.61 bits per heavy atom. The van der Waals surface area contributed by atoms with Crippen LogP contribution in [-0.2, 0) is 37.3 Å². The monoisotopic (exact) mass is 646 g/mol. The predicted molar refractivity (Wildman–Crippen MR) is 152 cm³/mol. The molecular formula is C29H33ClF6N6O2. The molecule has 1 aromatic carbocycles. The molecule has 1 fully saturated rings. The fraction of sp³-hybridized carbons (Fsp3) is 0.517. The maximum absolute atomic E-state index is 13.8. The molecule has 1 saturated carbocycles. The van der Waals surface area contributed by atoms with Crippen molar-refractivity contribution in [2.45, 2.75) is 64.5 Å². The van der Waals surface area contributed by atoms with Crippen molar-refractivity contribution >= 4 is 29.3 Å². The molecule has 0 bridgehead atoms. The van der Waals surface area contributed by atoms with Crippen molar-refractivity contribution in [2.24, 2.45) is 18.9 Å². The minimum atomic E-state index is -4.68. The first-order chi connectivity index (χ1) is 20.6. The van der Waals surface area contributed by atoms with Gasteiger partial charge in [-0.25, -0.2) is 9.97 Å². The SMILES string of the molecule is CCN(C[C@H]1CC[C@H](CC(=O)O)CC1)c1ncc(C(F)(F)F)cc1CN(Cc1cc(Cl)cc(C(F)(F)F)c1)c1ncn(C)n1. The molecule has 4 rings (SSSR count).